The van der Waals surface area contributed by atoms with E-state index in [1.807, 2.05) is 38.2 Å². The van der Waals surface area contributed by atoms with Crippen molar-refractivity contribution in [3.8, 4) is 17.1 Å². The first-order chi connectivity index (χ1) is 8.74. The molecule has 1 aromatic carbocycles. The summed E-state index contributed by atoms with van der Waals surface area (Å²) in [5, 5.41) is 3.02. The zero-order valence-electron chi connectivity index (χ0n) is 10.3. The Kier molecular flexibility index (Phi) is 4.15. The maximum atomic E-state index is 5.47. The summed E-state index contributed by atoms with van der Waals surface area (Å²) in [6.07, 6.45) is 1.74. The van der Waals surface area contributed by atoms with Crippen LogP contribution >= 0.6 is 15.9 Å². The van der Waals surface area contributed by atoms with Crippen molar-refractivity contribution < 1.29 is 4.74 Å². The summed E-state index contributed by atoms with van der Waals surface area (Å²) in [5.74, 6) is 2.26. The minimum Gasteiger partial charge on any atom is -0.494 e. The second kappa shape index (κ2) is 5.82. The number of halogens is 1. The van der Waals surface area contributed by atoms with Gasteiger partial charge in [-0.05, 0) is 35.0 Å². The Morgan fingerprint density at radius 3 is 2.94 bits per heavy atom. The summed E-state index contributed by atoms with van der Waals surface area (Å²) in [6.45, 7) is 2.61. The van der Waals surface area contributed by atoms with Crippen LogP contribution in [0.3, 0.4) is 0 Å². The molecule has 2 aromatic rings. The monoisotopic (exact) mass is 307 g/mol. The highest BCUT2D eigenvalue weighted by Gasteiger charge is 2.06. The smallest absolute Gasteiger partial charge is 0.161 e. The van der Waals surface area contributed by atoms with Gasteiger partial charge in [0, 0.05) is 18.8 Å². The standard InChI is InChI=1S/C13H14BrN3O/c1-3-18-10-6-4-5-9(7-10)12-16-8-11(14)13(15-2)17-12/h4-8H,3H2,1-2H3,(H,15,16,17). The molecule has 0 aliphatic carbocycles. The molecule has 0 saturated heterocycles. The Hall–Kier alpha value is -1.62. The molecule has 0 saturated carbocycles. The summed E-state index contributed by atoms with van der Waals surface area (Å²) >= 11 is 3.39. The van der Waals surface area contributed by atoms with Crippen LogP contribution in [0.4, 0.5) is 5.82 Å². The van der Waals surface area contributed by atoms with Gasteiger partial charge in [-0.2, -0.15) is 0 Å². The SMILES string of the molecule is CCOc1cccc(-c2ncc(Br)c(NC)n2)c1. The van der Waals surface area contributed by atoms with E-state index in [1.54, 1.807) is 6.20 Å². The van der Waals surface area contributed by atoms with Gasteiger partial charge in [0.05, 0.1) is 11.1 Å². The predicted octanol–water partition coefficient (Wildman–Crippen LogP) is 3.35. The van der Waals surface area contributed by atoms with E-state index in [0.29, 0.717) is 12.4 Å². The van der Waals surface area contributed by atoms with Crippen molar-refractivity contribution in [1.29, 1.82) is 0 Å². The summed E-state index contributed by atoms with van der Waals surface area (Å²) in [5.41, 5.74) is 0.935. The maximum Gasteiger partial charge on any atom is 0.161 e. The van der Waals surface area contributed by atoms with Crippen molar-refractivity contribution in [1.82, 2.24) is 9.97 Å². The fraction of sp³-hybridized carbons (Fsp3) is 0.231. The highest BCUT2D eigenvalue weighted by molar-refractivity contribution is 9.10. The maximum absolute atomic E-state index is 5.47. The van der Waals surface area contributed by atoms with Crippen molar-refractivity contribution in [2.75, 3.05) is 19.0 Å². The lowest BCUT2D eigenvalue weighted by Crippen LogP contribution is -1.98. The third-order valence-electron chi connectivity index (χ3n) is 2.38. The summed E-state index contributed by atoms with van der Waals surface area (Å²) < 4.78 is 6.31. The molecule has 4 nitrogen and oxygen atoms in total. The minimum absolute atomic E-state index is 0.645. The van der Waals surface area contributed by atoms with Crippen molar-refractivity contribution in [3.63, 3.8) is 0 Å². The van der Waals surface area contributed by atoms with Gasteiger partial charge in [-0.3, -0.25) is 0 Å². The van der Waals surface area contributed by atoms with Crippen LogP contribution in [0.5, 0.6) is 5.75 Å². The Morgan fingerprint density at radius 2 is 2.22 bits per heavy atom. The minimum atomic E-state index is 0.645. The van der Waals surface area contributed by atoms with Gasteiger partial charge in [-0.1, -0.05) is 12.1 Å². The van der Waals surface area contributed by atoms with Crippen molar-refractivity contribution in [2.45, 2.75) is 6.92 Å². The van der Waals surface area contributed by atoms with Gasteiger partial charge < -0.3 is 10.1 Å². The van der Waals surface area contributed by atoms with Gasteiger partial charge in [-0.25, -0.2) is 9.97 Å². The lowest BCUT2D eigenvalue weighted by atomic mass is 10.2. The average molecular weight is 308 g/mol. The van der Waals surface area contributed by atoms with E-state index in [2.05, 4.69) is 31.2 Å². The van der Waals surface area contributed by atoms with Crippen LogP contribution in [0.1, 0.15) is 6.92 Å². The molecule has 2 rings (SSSR count). The van der Waals surface area contributed by atoms with Gasteiger partial charge in [-0.15, -0.1) is 0 Å². The number of nitrogens with zero attached hydrogens (tertiary/aromatic N) is 2. The molecule has 0 radical (unpaired) electrons. The van der Waals surface area contributed by atoms with Crippen LogP contribution in [0.15, 0.2) is 34.9 Å². The number of anilines is 1. The molecule has 94 valence electrons. The van der Waals surface area contributed by atoms with E-state index in [-0.39, 0.29) is 0 Å². The second-order valence-electron chi connectivity index (χ2n) is 3.60. The van der Waals surface area contributed by atoms with Crippen molar-refractivity contribution in [3.05, 3.63) is 34.9 Å². The zero-order valence-corrected chi connectivity index (χ0v) is 11.9. The van der Waals surface area contributed by atoms with Gasteiger partial charge >= 0.3 is 0 Å². The number of nitrogens with one attached hydrogen (secondary N) is 1. The van der Waals surface area contributed by atoms with E-state index in [0.717, 1.165) is 21.6 Å². The predicted molar refractivity (Wildman–Crippen MR) is 75.9 cm³/mol. The summed E-state index contributed by atoms with van der Waals surface area (Å²) in [4.78, 5) is 8.74. The molecule has 0 spiro atoms. The molecule has 1 heterocycles. The van der Waals surface area contributed by atoms with Crippen molar-refractivity contribution >= 4 is 21.7 Å². The third-order valence-corrected chi connectivity index (χ3v) is 2.96. The molecule has 0 amide bonds. The van der Waals surface area contributed by atoms with Gasteiger partial charge in [0.25, 0.3) is 0 Å². The Balaban J connectivity index is 2.38. The summed E-state index contributed by atoms with van der Waals surface area (Å²) in [6, 6.07) is 7.76. The first-order valence-corrected chi connectivity index (χ1v) is 6.47. The molecular formula is C13H14BrN3O. The van der Waals surface area contributed by atoms with E-state index in [1.165, 1.54) is 0 Å². The molecule has 1 N–H and O–H groups in total. The van der Waals surface area contributed by atoms with Crippen LogP contribution in [0, 0.1) is 0 Å². The molecule has 0 aliphatic heterocycles. The molecule has 5 heteroatoms. The molecule has 0 bridgehead atoms. The summed E-state index contributed by atoms with van der Waals surface area (Å²) in [7, 11) is 1.83. The van der Waals surface area contributed by atoms with Crippen LogP contribution in [-0.4, -0.2) is 23.6 Å². The first-order valence-electron chi connectivity index (χ1n) is 5.68. The molecule has 0 aliphatic rings. The van der Waals surface area contributed by atoms with Gasteiger partial charge in [0.1, 0.15) is 11.6 Å². The van der Waals surface area contributed by atoms with Crippen LogP contribution in [-0.2, 0) is 0 Å². The number of rotatable bonds is 4. The fourth-order valence-corrected chi connectivity index (χ4v) is 1.96. The van der Waals surface area contributed by atoms with E-state index >= 15 is 0 Å². The molecule has 0 atom stereocenters. The molecule has 0 fully saturated rings. The number of aromatic nitrogens is 2. The average Bonchev–Trinajstić information content (AvgIpc) is 2.40. The van der Waals surface area contributed by atoms with Gasteiger partial charge in [0.15, 0.2) is 5.82 Å². The van der Waals surface area contributed by atoms with E-state index in [9.17, 15) is 0 Å². The number of benzene rings is 1. The fourth-order valence-electron chi connectivity index (χ4n) is 1.57. The van der Waals surface area contributed by atoms with Crippen LogP contribution < -0.4 is 10.1 Å². The lowest BCUT2D eigenvalue weighted by molar-refractivity contribution is 0.340. The highest BCUT2D eigenvalue weighted by atomic mass is 79.9. The Labute approximate surface area is 115 Å². The Bertz CT molecular complexity index is 546. The topological polar surface area (TPSA) is 47.0 Å². The quantitative estimate of drug-likeness (QED) is 0.941. The lowest BCUT2D eigenvalue weighted by Gasteiger charge is -2.07. The largest absolute Gasteiger partial charge is 0.494 e. The Morgan fingerprint density at radius 1 is 1.39 bits per heavy atom. The molecule has 0 unspecified atom stereocenters. The normalized spacial score (nSPS) is 10.2. The molecule has 1 aromatic heterocycles. The van der Waals surface area contributed by atoms with E-state index in [4.69, 9.17) is 4.74 Å². The van der Waals surface area contributed by atoms with Crippen molar-refractivity contribution in [2.24, 2.45) is 0 Å². The highest BCUT2D eigenvalue weighted by Crippen LogP contribution is 2.25. The van der Waals surface area contributed by atoms with Crippen LogP contribution in [0.25, 0.3) is 11.4 Å². The second-order valence-corrected chi connectivity index (χ2v) is 4.46. The molecular weight excluding hydrogens is 294 g/mol. The first kappa shape index (κ1) is 12.8. The van der Waals surface area contributed by atoms with Crippen LogP contribution in [0.2, 0.25) is 0 Å². The van der Waals surface area contributed by atoms with E-state index < -0.39 is 0 Å². The van der Waals surface area contributed by atoms with Gasteiger partial charge in [0.2, 0.25) is 0 Å². The number of hydrogen-bond acceptors (Lipinski definition) is 4. The zero-order chi connectivity index (χ0) is 13.0. The number of ether oxygens (including phenoxy) is 1. The molecule has 18 heavy (non-hydrogen) atoms. The number of hydrogen-bond donors (Lipinski definition) is 1. The third kappa shape index (κ3) is 2.79.